The van der Waals surface area contributed by atoms with Crippen molar-refractivity contribution >= 4 is 5.69 Å². The Morgan fingerprint density at radius 3 is 2.58 bits per heavy atom. The number of hydrogen-bond acceptors (Lipinski definition) is 4. The lowest BCUT2D eigenvalue weighted by atomic mass is 9.92. The predicted octanol–water partition coefficient (Wildman–Crippen LogP) is 5.82. The number of benzene rings is 2. The number of rotatable bonds is 6. The van der Waals surface area contributed by atoms with Crippen LogP contribution in [-0.2, 0) is 6.42 Å². The van der Waals surface area contributed by atoms with Crippen LogP contribution in [0.25, 0.3) is 11.3 Å². The van der Waals surface area contributed by atoms with Crippen molar-refractivity contribution in [1.82, 2.24) is 15.1 Å². The fourth-order valence-corrected chi connectivity index (χ4v) is 5.41. The Hall–Kier alpha value is -2.79. The van der Waals surface area contributed by atoms with E-state index in [-0.39, 0.29) is 0 Å². The Kier molecular flexibility index (Phi) is 5.58. The third kappa shape index (κ3) is 4.26. The smallest absolute Gasteiger partial charge is 0.142 e. The summed E-state index contributed by atoms with van der Waals surface area (Å²) in [7, 11) is 0. The molecule has 5 nitrogen and oxygen atoms in total. The number of nitrogens with one attached hydrogen (secondary N) is 1. The number of anilines is 1. The first-order chi connectivity index (χ1) is 16.3. The molecule has 0 bridgehead atoms. The number of ether oxygens (including phenoxy) is 1. The molecule has 1 N–H and O–H groups in total. The van der Waals surface area contributed by atoms with E-state index in [0.29, 0.717) is 12.1 Å². The van der Waals surface area contributed by atoms with Crippen molar-refractivity contribution < 1.29 is 4.74 Å². The molecular formula is C28H34N4O. The lowest BCUT2D eigenvalue weighted by Gasteiger charge is -2.38. The normalized spacial score (nSPS) is 21.1. The minimum Gasteiger partial charge on any atom is -0.456 e. The molecule has 0 spiro atoms. The summed E-state index contributed by atoms with van der Waals surface area (Å²) in [5.41, 5.74) is 4.81. The van der Waals surface area contributed by atoms with Gasteiger partial charge in [-0.1, -0.05) is 18.2 Å². The maximum Gasteiger partial charge on any atom is 0.142 e. The first kappa shape index (κ1) is 20.8. The van der Waals surface area contributed by atoms with Crippen molar-refractivity contribution in [2.24, 2.45) is 5.92 Å². The van der Waals surface area contributed by atoms with E-state index >= 15 is 0 Å². The largest absolute Gasteiger partial charge is 0.456 e. The number of nitrogens with zero attached hydrogens (tertiary/aromatic N) is 3. The summed E-state index contributed by atoms with van der Waals surface area (Å²) in [6.45, 7) is 5.67. The van der Waals surface area contributed by atoms with Crippen LogP contribution in [0.1, 0.15) is 50.6 Å². The summed E-state index contributed by atoms with van der Waals surface area (Å²) in [5, 5.41) is 8.50. The van der Waals surface area contributed by atoms with Gasteiger partial charge in [-0.15, -0.1) is 0 Å². The second kappa shape index (κ2) is 8.86. The van der Waals surface area contributed by atoms with Crippen LogP contribution in [-0.4, -0.2) is 35.5 Å². The van der Waals surface area contributed by atoms with Gasteiger partial charge in [0.25, 0.3) is 0 Å². The molecule has 1 saturated carbocycles. The van der Waals surface area contributed by atoms with Crippen molar-refractivity contribution in [2.45, 2.75) is 57.5 Å². The number of aromatic nitrogens is 2. The third-order valence-corrected chi connectivity index (χ3v) is 7.57. The Bertz CT molecular complexity index is 1100. The van der Waals surface area contributed by atoms with E-state index in [1.807, 2.05) is 30.3 Å². The molecule has 1 aromatic heterocycles. The van der Waals surface area contributed by atoms with Gasteiger partial charge in [-0.2, -0.15) is 5.10 Å². The standard InChI is InChI=1S/C28H34N4O/c1-20-7-10-25-27(31(20)19-21-8-9-21)12-11-24(28(25)33-23-5-3-2-4-6-23)26-15-18-32(30-26)22-13-16-29-17-14-22/h2-6,11-12,15,18,20-22,29H,7-10,13-14,16-17,19H2,1H3/t20-/m0/s1. The minimum atomic E-state index is 0.478. The molecule has 0 amide bonds. The van der Waals surface area contributed by atoms with Crippen LogP contribution in [0.3, 0.4) is 0 Å². The molecule has 33 heavy (non-hydrogen) atoms. The molecule has 172 valence electrons. The highest BCUT2D eigenvalue weighted by molar-refractivity contribution is 5.76. The van der Waals surface area contributed by atoms with Crippen molar-refractivity contribution in [2.75, 3.05) is 24.5 Å². The van der Waals surface area contributed by atoms with Crippen LogP contribution in [0.2, 0.25) is 0 Å². The molecule has 2 aliphatic heterocycles. The first-order valence-electron chi connectivity index (χ1n) is 12.7. The van der Waals surface area contributed by atoms with Crippen LogP contribution in [0.5, 0.6) is 11.5 Å². The summed E-state index contributed by atoms with van der Waals surface area (Å²) in [5.74, 6) is 2.73. The lowest BCUT2D eigenvalue weighted by molar-refractivity contribution is 0.343. The number of piperidine rings is 1. The monoisotopic (exact) mass is 442 g/mol. The van der Waals surface area contributed by atoms with Crippen LogP contribution in [0.4, 0.5) is 5.69 Å². The molecular weight excluding hydrogens is 408 g/mol. The van der Waals surface area contributed by atoms with E-state index in [2.05, 4.69) is 46.2 Å². The van der Waals surface area contributed by atoms with Gasteiger partial charge in [0, 0.05) is 35.6 Å². The molecule has 2 fully saturated rings. The zero-order valence-electron chi connectivity index (χ0n) is 19.5. The van der Waals surface area contributed by atoms with Crippen molar-refractivity contribution in [1.29, 1.82) is 0 Å². The summed E-state index contributed by atoms with van der Waals surface area (Å²) < 4.78 is 8.81. The fraction of sp³-hybridized carbons (Fsp3) is 0.464. The lowest BCUT2D eigenvalue weighted by Crippen LogP contribution is -2.38. The molecule has 0 radical (unpaired) electrons. The molecule has 3 heterocycles. The van der Waals surface area contributed by atoms with Gasteiger partial charge in [-0.05, 0) is 94.8 Å². The number of para-hydroxylation sites is 1. The van der Waals surface area contributed by atoms with Gasteiger partial charge in [-0.3, -0.25) is 4.68 Å². The Morgan fingerprint density at radius 1 is 0.970 bits per heavy atom. The molecule has 3 aliphatic rings. The summed E-state index contributed by atoms with van der Waals surface area (Å²) in [4.78, 5) is 2.63. The summed E-state index contributed by atoms with van der Waals surface area (Å²) in [6, 6.07) is 18.0. The second-order valence-corrected chi connectivity index (χ2v) is 10.0. The van der Waals surface area contributed by atoms with Gasteiger partial charge >= 0.3 is 0 Å². The average molecular weight is 443 g/mol. The summed E-state index contributed by atoms with van der Waals surface area (Å²) in [6.07, 6.45) is 9.37. The van der Waals surface area contributed by atoms with Gasteiger partial charge in [0.15, 0.2) is 0 Å². The molecule has 5 heteroatoms. The summed E-state index contributed by atoms with van der Waals surface area (Å²) >= 11 is 0. The predicted molar refractivity (Wildman–Crippen MR) is 133 cm³/mol. The van der Waals surface area contributed by atoms with Gasteiger partial charge < -0.3 is 15.0 Å². The van der Waals surface area contributed by atoms with Gasteiger partial charge in [0.1, 0.15) is 11.5 Å². The Balaban J connectivity index is 1.41. The van der Waals surface area contributed by atoms with Crippen LogP contribution in [0, 0.1) is 5.92 Å². The molecule has 2 aromatic carbocycles. The van der Waals surface area contributed by atoms with Crippen LogP contribution < -0.4 is 15.0 Å². The van der Waals surface area contributed by atoms with Crippen LogP contribution >= 0.6 is 0 Å². The molecule has 0 unspecified atom stereocenters. The van der Waals surface area contributed by atoms with Gasteiger partial charge in [-0.25, -0.2) is 0 Å². The minimum absolute atomic E-state index is 0.478. The SMILES string of the molecule is C[C@H]1CCc2c(ccc(-c3ccn(C4CCNCC4)n3)c2Oc2ccccc2)N1CC1CC1. The molecule has 1 saturated heterocycles. The van der Waals surface area contributed by atoms with E-state index in [9.17, 15) is 0 Å². The number of hydrogen-bond donors (Lipinski definition) is 1. The Labute approximate surface area is 196 Å². The molecule has 1 aliphatic carbocycles. The van der Waals surface area contributed by atoms with Crippen molar-refractivity contribution in [3.8, 4) is 22.8 Å². The van der Waals surface area contributed by atoms with E-state index in [1.165, 1.54) is 30.6 Å². The van der Waals surface area contributed by atoms with E-state index in [0.717, 1.165) is 67.4 Å². The maximum atomic E-state index is 6.64. The molecule has 6 rings (SSSR count). The number of fused-ring (bicyclic) bond motifs is 1. The topological polar surface area (TPSA) is 42.3 Å². The van der Waals surface area contributed by atoms with Crippen LogP contribution in [0.15, 0.2) is 54.7 Å². The third-order valence-electron chi connectivity index (χ3n) is 7.57. The zero-order chi connectivity index (χ0) is 22.2. The fourth-order valence-electron chi connectivity index (χ4n) is 5.41. The zero-order valence-corrected chi connectivity index (χ0v) is 19.5. The van der Waals surface area contributed by atoms with Crippen molar-refractivity contribution in [3.63, 3.8) is 0 Å². The molecule has 1 atom stereocenters. The quantitative estimate of drug-likeness (QED) is 0.522. The maximum absolute atomic E-state index is 6.64. The average Bonchev–Trinajstić information content (AvgIpc) is 3.55. The highest BCUT2D eigenvalue weighted by Crippen LogP contribution is 2.45. The van der Waals surface area contributed by atoms with Gasteiger partial charge in [0.05, 0.1) is 11.7 Å². The van der Waals surface area contributed by atoms with E-state index in [1.54, 1.807) is 0 Å². The highest BCUT2D eigenvalue weighted by atomic mass is 16.5. The first-order valence-corrected chi connectivity index (χ1v) is 12.7. The van der Waals surface area contributed by atoms with E-state index in [4.69, 9.17) is 9.84 Å². The molecule has 3 aromatic rings. The van der Waals surface area contributed by atoms with Crippen molar-refractivity contribution in [3.05, 3.63) is 60.3 Å². The second-order valence-electron chi connectivity index (χ2n) is 10.0. The van der Waals surface area contributed by atoms with Gasteiger partial charge in [0.2, 0.25) is 0 Å². The van der Waals surface area contributed by atoms with E-state index < -0.39 is 0 Å². The Morgan fingerprint density at radius 2 is 1.79 bits per heavy atom. The highest BCUT2D eigenvalue weighted by Gasteiger charge is 2.32.